The Morgan fingerprint density at radius 2 is 2.05 bits per heavy atom. The van der Waals surface area contributed by atoms with Crippen molar-refractivity contribution in [3.63, 3.8) is 0 Å². The highest BCUT2D eigenvalue weighted by Crippen LogP contribution is 2.21. The van der Waals surface area contributed by atoms with E-state index < -0.39 is 11.8 Å². The number of benzene rings is 1. The summed E-state index contributed by atoms with van der Waals surface area (Å²) in [4.78, 5) is 15.9. The minimum Gasteiger partial charge on any atom is -0.492 e. The Morgan fingerprint density at radius 1 is 1.30 bits per heavy atom. The molecule has 102 valence electrons. The lowest BCUT2D eigenvalue weighted by Crippen LogP contribution is -2.39. The molecule has 20 heavy (non-hydrogen) atoms. The third-order valence-corrected chi connectivity index (χ3v) is 3.50. The van der Waals surface area contributed by atoms with E-state index in [4.69, 9.17) is 9.47 Å². The second kappa shape index (κ2) is 5.43. The van der Waals surface area contributed by atoms with Crippen molar-refractivity contribution < 1.29 is 14.3 Å². The fourth-order valence-corrected chi connectivity index (χ4v) is 2.45. The third-order valence-electron chi connectivity index (χ3n) is 3.50. The Hall–Kier alpha value is -2.19. The van der Waals surface area contributed by atoms with Gasteiger partial charge in [0.1, 0.15) is 11.9 Å². The van der Waals surface area contributed by atoms with Crippen LogP contribution in [0.1, 0.15) is 12.8 Å². The molecule has 1 atom stereocenters. The van der Waals surface area contributed by atoms with E-state index in [1.165, 1.54) is 0 Å². The number of nitrogens with zero attached hydrogens (tertiary/aromatic N) is 2. The van der Waals surface area contributed by atoms with Crippen molar-refractivity contribution in [2.45, 2.75) is 18.9 Å². The zero-order valence-corrected chi connectivity index (χ0v) is 10.9. The molecule has 1 amide bonds. The highest BCUT2D eigenvalue weighted by Gasteiger charge is 2.30. The second-order valence-electron chi connectivity index (χ2n) is 4.82. The molecule has 2 aliphatic rings. The molecule has 3 rings (SSSR count). The topological polar surface area (TPSA) is 71.7 Å². The average Bonchev–Trinajstić information content (AvgIpc) is 2.48. The van der Waals surface area contributed by atoms with Crippen LogP contribution >= 0.6 is 0 Å². The number of hydrogen-bond donors (Lipinski definition) is 0. The normalized spacial score (nSPS) is 22.6. The van der Waals surface area contributed by atoms with Crippen LogP contribution in [-0.4, -0.2) is 25.2 Å². The van der Waals surface area contributed by atoms with Gasteiger partial charge in [0.2, 0.25) is 0 Å². The summed E-state index contributed by atoms with van der Waals surface area (Å²) in [5.41, 5.74) is 0. The molecular weight excluding hydrogens is 256 g/mol. The van der Waals surface area contributed by atoms with E-state index in [-0.39, 0.29) is 6.10 Å². The van der Waals surface area contributed by atoms with E-state index in [0.717, 1.165) is 18.1 Å². The molecule has 0 radical (unpaired) electrons. The van der Waals surface area contributed by atoms with E-state index in [1.807, 2.05) is 24.3 Å². The summed E-state index contributed by atoms with van der Waals surface area (Å²) in [6, 6.07) is 9.26. The summed E-state index contributed by atoms with van der Waals surface area (Å²) < 4.78 is 11.3. The third kappa shape index (κ3) is 2.30. The average molecular weight is 270 g/mol. The predicted octanol–water partition coefficient (Wildman–Crippen LogP) is 0.290. The van der Waals surface area contributed by atoms with Crippen LogP contribution in [0.25, 0.3) is 5.76 Å². The lowest BCUT2D eigenvalue weighted by Gasteiger charge is -2.26. The quantitative estimate of drug-likeness (QED) is 0.774. The number of rotatable bonds is 2. The number of carbonyl (C=O) groups is 1. The monoisotopic (exact) mass is 270 g/mol. The highest BCUT2D eigenvalue weighted by molar-refractivity contribution is 5.91. The van der Waals surface area contributed by atoms with Crippen molar-refractivity contribution in [1.29, 1.82) is 5.26 Å². The molecule has 0 spiro atoms. The first-order valence-corrected chi connectivity index (χ1v) is 6.65. The van der Waals surface area contributed by atoms with Crippen LogP contribution in [-0.2, 0) is 14.3 Å². The fraction of sp³-hybridized carbons (Fsp3) is 0.400. The molecule has 1 aromatic rings. The molecular formula is C15H14N2O3. The molecule has 0 bridgehead atoms. The van der Waals surface area contributed by atoms with Crippen molar-refractivity contribution in [1.82, 2.24) is 0 Å². The van der Waals surface area contributed by atoms with Gasteiger partial charge >= 0.3 is 0 Å². The summed E-state index contributed by atoms with van der Waals surface area (Å²) in [5.74, 6) is -0.948. The van der Waals surface area contributed by atoms with Crippen LogP contribution in [0.5, 0.6) is 0 Å². The molecule has 1 saturated heterocycles. The van der Waals surface area contributed by atoms with Crippen molar-refractivity contribution >= 4 is 11.7 Å². The van der Waals surface area contributed by atoms with Gasteiger partial charge in [-0.2, -0.15) is 5.26 Å². The maximum atomic E-state index is 11.9. The number of nitriles is 1. The van der Waals surface area contributed by atoms with E-state index in [9.17, 15) is 10.1 Å². The minimum atomic E-state index is -0.937. The summed E-state index contributed by atoms with van der Waals surface area (Å²) in [7, 11) is 0. The zero-order valence-electron chi connectivity index (χ0n) is 10.9. The Kier molecular flexibility index (Phi) is 3.48. The summed E-state index contributed by atoms with van der Waals surface area (Å²) in [5, 5.41) is 10.5. The first-order chi connectivity index (χ1) is 9.79. The Bertz CT molecular complexity index is 684. The van der Waals surface area contributed by atoms with Gasteiger partial charge in [-0.3, -0.25) is 4.79 Å². The molecule has 1 unspecified atom stereocenters. The van der Waals surface area contributed by atoms with Crippen LogP contribution in [0, 0.1) is 17.2 Å². The van der Waals surface area contributed by atoms with Gasteiger partial charge in [-0.1, -0.05) is 12.1 Å². The molecule has 2 heterocycles. The first-order valence-electron chi connectivity index (χ1n) is 6.65. The Balaban J connectivity index is 2.05. The number of para-hydroxylation sites is 1. The smallest absolute Gasteiger partial charge is 0.271 e. The molecule has 0 aromatic heterocycles. The van der Waals surface area contributed by atoms with Gasteiger partial charge in [0.15, 0.2) is 5.92 Å². The maximum Gasteiger partial charge on any atom is 0.271 e. The van der Waals surface area contributed by atoms with Crippen LogP contribution in [0.4, 0.5) is 0 Å². The summed E-state index contributed by atoms with van der Waals surface area (Å²) >= 11 is 0. The maximum absolute atomic E-state index is 11.9. The number of hydrogen-bond acceptors (Lipinski definition) is 4. The van der Waals surface area contributed by atoms with Gasteiger partial charge in [-0.15, -0.1) is 0 Å². The van der Waals surface area contributed by atoms with Gasteiger partial charge in [0.25, 0.3) is 5.91 Å². The fourth-order valence-electron chi connectivity index (χ4n) is 2.45. The summed E-state index contributed by atoms with van der Waals surface area (Å²) in [6.45, 7) is 1.30. The van der Waals surface area contributed by atoms with E-state index in [0.29, 0.717) is 24.3 Å². The number of carbonyl (C=O) groups excluding carboxylic acids is 1. The van der Waals surface area contributed by atoms with Crippen molar-refractivity contribution in [2.24, 2.45) is 10.9 Å². The molecule has 2 aliphatic heterocycles. The van der Waals surface area contributed by atoms with Crippen molar-refractivity contribution in [2.75, 3.05) is 13.2 Å². The SMILES string of the molecule is N#CC1C(=O)N=c2ccccc2=C1OC1CCOCC1. The van der Waals surface area contributed by atoms with Crippen LogP contribution in [0.15, 0.2) is 29.3 Å². The van der Waals surface area contributed by atoms with Gasteiger partial charge in [0.05, 0.1) is 24.6 Å². The van der Waals surface area contributed by atoms with Crippen molar-refractivity contribution in [3.8, 4) is 6.07 Å². The molecule has 1 aromatic carbocycles. The van der Waals surface area contributed by atoms with E-state index in [2.05, 4.69) is 4.99 Å². The second-order valence-corrected chi connectivity index (χ2v) is 4.82. The Morgan fingerprint density at radius 3 is 2.80 bits per heavy atom. The molecule has 0 saturated carbocycles. The lowest BCUT2D eigenvalue weighted by molar-refractivity contribution is -0.119. The van der Waals surface area contributed by atoms with Crippen molar-refractivity contribution in [3.05, 3.63) is 34.8 Å². The number of fused-ring (bicyclic) bond motifs is 1. The van der Waals surface area contributed by atoms with Crippen LogP contribution < -0.4 is 10.6 Å². The summed E-state index contributed by atoms with van der Waals surface area (Å²) in [6.07, 6.45) is 1.54. The first kappa shape index (κ1) is 12.8. The van der Waals surface area contributed by atoms with Gasteiger partial charge in [-0.05, 0) is 12.1 Å². The predicted molar refractivity (Wildman–Crippen MR) is 69.7 cm³/mol. The number of amides is 1. The molecule has 1 fully saturated rings. The standard InChI is InChI=1S/C15H14N2O3/c16-9-12-14(20-10-5-7-19-8-6-10)11-3-1-2-4-13(11)17-15(12)18/h1-4,10,12H,5-8H2. The molecule has 5 heteroatoms. The molecule has 5 nitrogen and oxygen atoms in total. The highest BCUT2D eigenvalue weighted by atomic mass is 16.5. The van der Waals surface area contributed by atoms with Gasteiger partial charge < -0.3 is 9.47 Å². The van der Waals surface area contributed by atoms with Crippen LogP contribution in [0.3, 0.4) is 0 Å². The molecule has 0 N–H and O–H groups in total. The van der Waals surface area contributed by atoms with Gasteiger partial charge in [0, 0.05) is 18.1 Å². The zero-order chi connectivity index (χ0) is 13.9. The largest absolute Gasteiger partial charge is 0.492 e. The Labute approximate surface area is 116 Å². The van der Waals surface area contributed by atoms with E-state index in [1.54, 1.807) is 6.07 Å². The van der Waals surface area contributed by atoms with E-state index >= 15 is 0 Å². The number of ether oxygens (including phenoxy) is 2. The van der Waals surface area contributed by atoms with Crippen LogP contribution in [0.2, 0.25) is 0 Å². The molecule has 0 aliphatic carbocycles. The van der Waals surface area contributed by atoms with Gasteiger partial charge in [-0.25, -0.2) is 4.99 Å². The lowest BCUT2D eigenvalue weighted by atomic mass is 10.0. The minimum absolute atomic E-state index is 0.00597.